The van der Waals surface area contributed by atoms with Gasteiger partial charge in [0.05, 0.1) is 24.3 Å². The van der Waals surface area contributed by atoms with E-state index in [0.717, 1.165) is 11.3 Å². The molecule has 6 heteroatoms. The lowest BCUT2D eigenvalue weighted by atomic mass is 10.1. The molecule has 1 aliphatic rings. The van der Waals surface area contributed by atoms with Crippen LogP contribution in [0.15, 0.2) is 48.5 Å². The summed E-state index contributed by atoms with van der Waals surface area (Å²) in [5, 5.41) is 2.93. The fraction of sp³-hybridized carbons (Fsp3) is 0.286. The number of rotatable bonds is 7. The third-order valence-corrected chi connectivity index (χ3v) is 4.65. The van der Waals surface area contributed by atoms with Gasteiger partial charge in [-0.15, -0.1) is 0 Å². The molecule has 0 saturated carbocycles. The number of carbonyl (C=O) groups excluding carboxylic acids is 3. The minimum Gasteiger partial charge on any atom is -0.496 e. The Morgan fingerprint density at radius 3 is 2.26 bits per heavy atom. The van der Waals surface area contributed by atoms with Gasteiger partial charge >= 0.3 is 0 Å². The number of nitrogens with one attached hydrogen (secondary N) is 1. The zero-order chi connectivity index (χ0) is 19.4. The molecule has 1 aliphatic heterocycles. The summed E-state index contributed by atoms with van der Waals surface area (Å²) in [6.45, 7) is 2.11. The second kappa shape index (κ2) is 8.03. The monoisotopic (exact) mass is 366 g/mol. The van der Waals surface area contributed by atoms with Gasteiger partial charge in [-0.2, -0.15) is 0 Å². The molecule has 1 unspecified atom stereocenters. The molecule has 3 rings (SSSR count). The van der Waals surface area contributed by atoms with Crippen LogP contribution in [0.2, 0.25) is 0 Å². The maximum atomic E-state index is 12.3. The first-order chi connectivity index (χ1) is 13.0. The zero-order valence-electron chi connectivity index (χ0n) is 15.4. The summed E-state index contributed by atoms with van der Waals surface area (Å²) in [5.74, 6) is -0.00173. The Morgan fingerprint density at radius 2 is 1.63 bits per heavy atom. The lowest BCUT2D eigenvalue weighted by Crippen LogP contribution is -2.32. The molecule has 0 aliphatic carbocycles. The molecule has 0 saturated heterocycles. The summed E-state index contributed by atoms with van der Waals surface area (Å²) in [4.78, 5) is 38.1. The van der Waals surface area contributed by atoms with E-state index in [2.05, 4.69) is 5.32 Å². The van der Waals surface area contributed by atoms with Crippen LogP contribution in [0, 0.1) is 0 Å². The first-order valence-corrected chi connectivity index (χ1v) is 8.90. The maximum Gasteiger partial charge on any atom is 0.261 e. The second-order valence-electron chi connectivity index (χ2n) is 6.44. The minimum absolute atomic E-state index is 0.134. The molecule has 1 N–H and O–H groups in total. The number of carbonyl (C=O) groups is 3. The average molecular weight is 366 g/mol. The van der Waals surface area contributed by atoms with Gasteiger partial charge in [0.15, 0.2) is 0 Å². The number of hydrogen-bond donors (Lipinski definition) is 1. The highest BCUT2D eigenvalue weighted by molar-refractivity contribution is 6.21. The van der Waals surface area contributed by atoms with E-state index in [9.17, 15) is 14.4 Å². The van der Waals surface area contributed by atoms with Gasteiger partial charge in [-0.1, -0.05) is 30.3 Å². The topological polar surface area (TPSA) is 75.7 Å². The number of ether oxygens (including phenoxy) is 1. The highest BCUT2D eigenvalue weighted by Gasteiger charge is 2.34. The van der Waals surface area contributed by atoms with E-state index >= 15 is 0 Å². The van der Waals surface area contributed by atoms with Crippen LogP contribution in [-0.4, -0.2) is 36.3 Å². The Balaban J connectivity index is 1.52. The van der Waals surface area contributed by atoms with Crippen molar-refractivity contribution in [3.63, 3.8) is 0 Å². The van der Waals surface area contributed by atoms with Gasteiger partial charge in [-0.05, 0) is 31.5 Å². The number of methoxy groups -OCH3 is 1. The Kier molecular flexibility index (Phi) is 5.54. The molecule has 0 spiro atoms. The molecule has 2 aromatic rings. The molecule has 0 fully saturated rings. The molecule has 0 aromatic heterocycles. The molecular formula is C21H22N2O4. The summed E-state index contributed by atoms with van der Waals surface area (Å²) in [6, 6.07) is 14.1. The van der Waals surface area contributed by atoms with Crippen LogP contribution in [0.1, 0.15) is 52.1 Å². The van der Waals surface area contributed by atoms with Gasteiger partial charge in [0.1, 0.15) is 5.75 Å². The Hall–Kier alpha value is -3.15. The fourth-order valence-electron chi connectivity index (χ4n) is 3.26. The van der Waals surface area contributed by atoms with E-state index in [-0.39, 0.29) is 36.7 Å². The van der Waals surface area contributed by atoms with Crippen LogP contribution in [0.25, 0.3) is 0 Å². The van der Waals surface area contributed by atoms with E-state index < -0.39 is 0 Å². The van der Waals surface area contributed by atoms with Crippen LogP contribution in [0.5, 0.6) is 5.75 Å². The number of imide groups is 1. The van der Waals surface area contributed by atoms with Crippen molar-refractivity contribution < 1.29 is 19.1 Å². The molecule has 6 nitrogen and oxygen atoms in total. The van der Waals surface area contributed by atoms with Gasteiger partial charge in [-0.25, -0.2) is 0 Å². The van der Waals surface area contributed by atoms with Crippen molar-refractivity contribution in [3.05, 3.63) is 65.2 Å². The van der Waals surface area contributed by atoms with E-state index in [1.165, 1.54) is 4.90 Å². The Bertz CT molecular complexity index is 843. The smallest absolute Gasteiger partial charge is 0.261 e. The first kappa shape index (κ1) is 18.6. The predicted molar refractivity (Wildman–Crippen MR) is 101 cm³/mol. The third-order valence-electron chi connectivity index (χ3n) is 4.65. The summed E-state index contributed by atoms with van der Waals surface area (Å²) in [7, 11) is 1.59. The van der Waals surface area contributed by atoms with Crippen LogP contribution < -0.4 is 10.1 Å². The second-order valence-corrected chi connectivity index (χ2v) is 6.44. The van der Waals surface area contributed by atoms with Crippen LogP contribution >= 0.6 is 0 Å². The highest BCUT2D eigenvalue weighted by atomic mass is 16.5. The molecule has 1 atom stereocenters. The normalized spacial score (nSPS) is 14.1. The van der Waals surface area contributed by atoms with E-state index in [1.54, 1.807) is 31.4 Å². The van der Waals surface area contributed by atoms with Crippen molar-refractivity contribution in [2.75, 3.05) is 13.7 Å². The van der Waals surface area contributed by atoms with Crippen molar-refractivity contribution in [1.82, 2.24) is 10.2 Å². The summed E-state index contributed by atoms with van der Waals surface area (Å²) in [5.41, 5.74) is 1.75. The molecule has 3 amide bonds. The Labute approximate surface area is 158 Å². The Morgan fingerprint density at radius 1 is 1.04 bits per heavy atom. The molecule has 0 bridgehead atoms. The largest absolute Gasteiger partial charge is 0.496 e. The molecule has 1 heterocycles. The van der Waals surface area contributed by atoms with E-state index in [1.807, 2.05) is 31.2 Å². The van der Waals surface area contributed by atoms with Crippen LogP contribution in [-0.2, 0) is 4.79 Å². The SMILES string of the molecule is COc1ccccc1C(C)NC(=O)CCCN1C(=O)c2ccccc2C1=O. The highest BCUT2D eigenvalue weighted by Crippen LogP contribution is 2.25. The standard InChI is InChI=1S/C21H22N2O4/c1-14(15-8-5-6-11-18(15)27-2)22-19(24)12-7-13-23-20(25)16-9-3-4-10-17(16)21(23)26/h3-6,8-11,14H,7,12-13H2,1-2H3,(H,22,24). The summed E-state index contributed by atoms with van der Waals surface area (Å²) in [6.07, 6.45) is 0.642. The molecule has 2 aromatic carbocycles. The molecule has 27 heavy (non-hydrogen) atoms. The summed E-state index contributed by atoms with van der Waals surface area (Å²) >= 11 is 0. The minimum atomic E-state index is -0.293. The number of amides is 3. The van der Waals surface area contributed by atoms with Crippen LogP contribution in [0.4, 0.5) is 0 Å². The number of para-hydroxylation sites is 1. The maximum absolute atomic E-state index is 12.3. The van der Waals surface area contributed by atoms with Gasteiger partial charge in [-0.3, -0.25) is 19.3 Å². The van der Waals surface area contributed by atoms with Crippen molar-refractivity contribution in [1.29, 1.82) is 0 Å². The number of nitrogens with zero attached hydrogens (tertiary/aromatic N) is 1. The van der Waals surface area contributed by atoms with Gasteiger partial charge in [0, 0.05) is 18.5 Å². The van der Waals surface area contributed by atoms with Crippen molar-refractivity contribution >= 4 is 17.7 Å². The van der Waals surface area contributed by atoms with Crippen molar-refractivity contribution in [2.24, 2.45) is 0 Å². The number of hydrogen-bond acceptors (Lipinski definition) is 4. The number of benzene rings is 2. The number of fused-ring (bicyclic) bond motifs is 1. The lowest BCUT2D eigenvalue weighted by Gasteiger charge is -2.18. The van der Waals surface area contributed by atoms with E-state index in [4.69, 9.17) is 4.74 Å². The van der Waals surface area contributed by atoms with Crippen molar-refractivity contribution in [2.45, 2.75) is 25.8 Å². The lowest BCUT2D eigenvalue weighted by molar-refractivity contribution is -0.121. The van der Waals surface area contributed by atoms with Gasteiger partial charge in [0.25, 0.3) is 11.8 Å². The van der Waals surface area contributed by atoms with Gasteiger partial charge in [0.2, 0.25) is 5.91 Å². The predicted octanol–water partition coefficient (Wildman–Crippen LogP) is 2.95. The quantitative estimate of drug-likeness (QED) is 0.765. The summed E-state index contributed by atoms with van der Waals surface area (Å²) < 4.78 is 5.32. The first-order valence-electron chi connectivity index (χ1n) is 8.90. The fourth-order valence-corrected chi connectivity index (χ4v) is 3.26. The molecule has 0 radical (unpaired) electrons. The molecule has 140 valence electrons. The van der Waals surface area contributed by atoms with Crippen LogP contribution in [0.3, 0.4) is 0 Å². The van der Waals surface area contributed by atoms with E-state index in [0.29, 0.717) is 17.5 Å². The zero-order valence-corrected chi connectivity index (χ0v) is 15.4. The van der Waals surface area contributed by atoms with Gasteiger partial charge < -0.3 is 10.1 Å². The average Bonchev–Trinajstić information content (AvgIpc) is 2.93. The molecular weight excluding hydrogens is 344 g/mol. The van der Waals surface area contributed by atoms with Crippen molar-refractivity contribution in [3.8, 4) is 5.75 Å². The third kappa shape index (κ3) is 3.84.